The number of rotatable bonds is 5. The van der Waals surface area contributed by atoms with E-state index in [9.17, 15) is 4.79 Å². The molecule has 4 N–H and O–H groups in total. The first kappa shape index (κ1) is 20.9. The number of H-pyrrole nitrogens is 1. The molecule has 144 valence electrons. The molecule has 2 aromatic rings. The van der Waals surface area contributed by atoms with E-state index >= 15 is 0 Å². The summed E-state index contributed by atoms with van der Waals surface area (Å²) in [5.41, 5.74) is 13.1. The highest BCUT2D eigenvalue weighted by Gasteiger charge is 2.10. The number of aromatic nitrogens is 1. The number of benzene rings is 1. The largest absolute Gasteiger partial charge is 0.355 e. The fourth-order valence-corrected chi connectivity index (χ4v) is 2.95. The summed E-state index contributed by atoms with van der Waals surface area (Å²) in [6, 6.07) is 9.43. The van der Waals surface area contributed by atoms with Crippen LogP contribution in [0.25, 0.3) is 17.7 Å². The van der Waals surface area contributed by atoms with Gasteiger partial charge in [-0.05, 0) is 72.0 Å². The number of hydrogen-bond acceptors (Lipinski definition) is 3. The van der Waals surface area contributed by atoms with E-state index < -0.39 is 0 Å². The predicted octanol–water partition coefficient (Wildman–Crippen LogP) is 4.50. The maximum atomic E-state index is 10.8. The maximum absolute atomic E-state index is 10.8. The second kappa shape index (κ2) is 10.1. The smallest absolute Gasteiger partial charge is 0.211 e. The van der Waals surface area contributed by atoms with Crippen LogP contribution in [0.15, 0.2) is 42.0 Å². The summed E-state index contributed by atoms with van der Waals surface area (Å²) in [5, 5.41) is 11.8. The molecular weight excluding hydrogens is 348 g/mol. The van der Waals surface area contributed by atoms with Gasteiger partial charge in [0.25, 0.3) is 0 Å². The first-order chi connectivity index (χ1) is 13.6. The summed E-state index contributed by atoms with van der Waals surface area (Å²) in [7, 11) is 0. The number of fused-ring (bicyclic) bond motifs is 1. The first-order valence-electron chi connectivity index (χ1n) is 9.36. The van der Waals surface area contributed by atoms with Crippen molar-refractivity contribution in [3.05, 3.63) is 70.1 Å². The molecule has 0 unspecified atom stereocenters. The van der Waals surface area contributed by atoms with Crippen LogP contribution >= 0.6 is 0 Å². The van der Waals surface area contributed by atoms with E-state index in [1.54, 1.807) is 18.2 Å². The molecule has 0 aliphatic heterocycles. The maximum Gasteiger partial charge on any atom is 0.211 e. The lowest BCUT2D eigenvalue weighted by molar-refractivity contribution is -0.105. The molecule has 5 heteroatoms. The zero-order valence-corrected chi connectivity index (χ0v) is 16.5. The van der Waals surface area contributed by atoms with Crippen LogP contribution in [-0.4, -0.2) is 17.9 Å². The van der Waals surface area contributed by atoms with E-state index in [1.807, 2.05) is 39.0 Å². The molecule has 1 aliphatic rings. The highest BCUT2D eigenvalue weighted by Crippen LogP contribution is 2.27. The van der Waals surface area contributed by atoms with Crippen molar-refractivity contribution in [2.45, 2.75) is 27.2 Å². The molecule has 0 fully saturated rings. The van der Waals surface area contributed by atoms with Gasteiger partial charge in [0.15, 0.2) is 0 Å². The van der Waals surface area contributed by atoms with E-state index in [2.05, 4.69) is 28.5 Å². The number of aromatic amines is 1. The first-order valence-corrected chi connectivity index (χ1v) is 9.36. The second-order valence-electron chi connectivity index (χ2n) is 6.15. The Labute approximate surface area is 166 Å². The van der Waals surface area contributed by atoms with Gasteiger partial charge >= 0.3 is 0 Å². The van der Waals surface area contributed by atoms with Crippen LogP contribution in [0, 0.1) is 11.3 Å². The average molecular weight is 374 g/mol. The van der Waals surface area contributed by atoms with E-state index in [-0.39, 0.29) is 0 Å². The Kier molecular flexibility index (Phi) is 7.55. The van der Waals surface area contributed by atoms with Crippen molar-refractivity contribution in [2.24, 2.45) is 5.73 Å². The molecule has 0 spiro atoms. The van der Waals surface area contributed by atoms with Crippen molar-refractivity contribution in [3.63, 3.8) is 0 Å². The molecule has 1 amide bonds. The minimum atomic E-state index is 0.536. The van der Waals surface area contributed by atoms with Crippen molar-refractivity contribution in [1.82, 2.24) is 4.98 Å². The summed E-state index contributed by atoms with van der Waals surface area (Å²) in [6.45, 7) is 6.54. The minimum Gasteiger partial charge on any atom is -0.355 e. The predicted molar refractivity (Wildman–Crippen MR) is 116 cm³/mol. The summed E-state index contributed by atoms with van der Waals surface area (Å²) in [5.74, 6) is 0. The number of amides is 1. The van der Waals surface area contributed by atoms with Gasteiger partial charge in [0, 0.05) is 23.6 Å². The number of anilines is 1. The third-order valence-electron chi connectivity index (χ3n) is 4.41. The SMILES string of the molecule is C/C(=C\c1cc(C#N)ccc1NC=O)c1cc2c([nH]1)C=CC(CN)=CC2.CC. The van der Waals surface area contributed by atoms with Crippen LogP contribution in [0.1, 0.15) is 48.8 Å². The molecule has 3 rings (SSSR count). The molecule has 0 bridgehead atoms. The van der Waals surface area contributed by atoms with Crippen LogP contribution in [-0.2, 0) is 11.2 Å². The van der Waals surface area contributed by atoms with E-state index in [1.165, 1.54) is 5.56 Å². The van der Waals surface area contributed by atoms with Crippen molar-refractivity contribution in [2.75, 3.05) is 11.9 Å². The molecule has 0 saturated heterocycles. The van der Waals surface area contributed by atoms with Crippen molar-refractivity contribution >= 4 is 29.8 Å². The lowest BCUT2D eigenvalue weighted by atomic mass is 10.0. The molecule has 0 saturated carbocycles. The van der Waals surface area contributed by atoms with Crippen molar-refractivity contribution < 1.29 is 4.79 Å². The van der Waals surface area contributed by atoms with E-state index in [0.717, 1.165) is 34.5 Å². The zero-order valence-electron chi connectivity index (χ0n) is 16.5. The van der Waals surface area contributed by atoms with Gasteiger partial charge in [0.1, 0.15) is 0 Å². The minimum absolute atomic E-state index is 0.536. The quantitative estimate of drug-likeness (QED) is 0.673. The van der Waals surface area contributed by atoms with Crippen LogP contribution < -0.4 is 11.1 Å². The summed E-state index contributed by atoms with van der Waals surface area (Å²) in [6.07, 6.45) is 9.66. The van der Waals surface area contributed by atoms with Gasteiger partial charge in [0.2, 0.25) is 6.41 Å². The van der Waals surface area contributed by atoms with Crippen LogP contribution in [0.4, 0.5) is 5.69 Å². The number of nitrogens with zero attached hydrogens (tertiary/aromatic N) is 1. The number of hydrogen-bond donors (Lipinski definition) is 3. The van der Waals surface area contributed by atoms with Gasteiger partial charge in [-0.2, -0.15) is 5.26 Å². The standard InChI is InChI=1S/C21H20N4O.C2H6/c1-14(8-18-9-16(12-23)4-6-19(18)24-13-26)21-10-17-5-2-15(11-22)3-7-20(17)25-21;1-2/h2-4,6-10,13,25H,5,11,22H2,1H3,(H,24,26);1-2H3/b14-8+;. The number of nitrogens with one attached hydrogen (secondary N) is 2. The van der Waals surface area contributed by atoms with Crippen LogP contribution in [0.2, 0.25) is 0 Å². The van der Waals surface area contributed by atoms with E-state index in [4.69, 9.17) is 11.0 Å². The molecular formula is C23H26N4O. The molecule has 5 nitrogen and oxygen atoms in total. The van der Waals surface area contributed by atoms with Crippen LogP contribution in [0.3, 0.4) is 0 Å². The van der Waals surface area contributed by atoms with E-state index in [0.29, 0.717) is 24.2 Å². The number of carbonyl (C=O) groups excluding carboxylic acids is 1. The molecule has 28 heavy (non-hydrogen) atoms. The third-order valence-corrected chi connectivity index (χ3v) is 4.41. The Bertz CT molecular complexity index is 971. The molecule has 0 atom stereocenters. The zero-order chi connectivity index (χ0) is 20.5. The molecule has 1 aromatic heterocycles. The van der Waals surface area contributed by atoms with Gasteiger partial charge in [-0.3, -0.25) is 4.79 Å². The Morgan fingerprint density at radius 2 is 2.11 bits per heavy atom. The lowest BCUT2D eigenvalue weighted by Gasteiger charge is -2.06. The number of allylic oxidation sites excluding steroid dienone is 2. The van der Waals surface area contributed by atoms with Gasteiger partial charge in [0.05, 0.1) is 11.6 Å². The van der Waals surface area contributed by atoms with Gasteiger partial charge in [-0.15, -0.1) is 0 Å². The molecule has 1 heterocycles. The summed E-state index contributed by atoms with van der Waals surface area (Å²) >= 11 is 0. The Hall–Kier alpha value is -3.36. The summed E-state index contributed by atoms with van der Waals surface area (Å²) < 4.78 is 0. The topological polar surface area (TPSA) is 94.7 Å². The average Bonchev–Trinajstić information content (AvgIpc) is 3.04. The Morgan fingerprint density at radius 1 is 1.32 bits per heavy atom. The molecule has 1 aromatic carbocycles. The summed E-state index contributed by atoms with van der Waals surface area (Å²) in [4.78, 5) is 14.3. The van der Waals surface area contributed by atoms with Gasteiger partial charge in [-0.25, -0.2) is 0 Å². The normalized spacial score (nSPS) is 12.7. The Balaban J connectivity index is 0.00000136. The number of nitriles is 1. The number of carbonyl (C=O) groups is 1. The van der Waals surface area contributed by atoms with Crippen molar-refractivity contribution in [1.29, 1.82) is 5.26 Å². The lowest BCUT2D eigenvalue weighted by Crippen LogP contribution is -2.00. The monoisotopic (exact) mass is 374 g/mol. The fraction of sp³-hybridized carbons (Fsp3) is 0.217. The molecule has 0 radical (unpaired) electrons. The van der Waals surface area contributed by atoms with Gasteiger partial charge < -0.3 is 16.0 Å². The fourth-order valence-electron chi connectivity index (χ4n) is 2.95. The van der Waals surface area contributed by atoms with Crippen LogP contribution in [0.5, 0.6) is 0 Å². The molecule has 1 aliphatic carbocycles. The second-order valence-corrected chi connectivity index (χ2v) is 6.15. The highest BCUT2D eigenvalue weighted by molar-refractivity contribution is 5.87. The Morgan fingerprint density at radius 3 is 2.79 bits per heavy atom. The van der Waals surface area contributed by atoms with Crippen molar-refractivity contribution in [3.8, 4) is 6.07 Å². The highest BCUT2D eigenvalue weighted by atomic mass is 16.1. The third kappa shape index (κ3) is 4.87. The number of nitrogens with two attached hydrogens (primary N) is 1. The van der Waals surface area contributed by atoms with Gasteiger partial charge in [-0.1, -0.05) is 26.0 Å².